The molecule has 0 aliphatic heterocycles. The Balaban J connectivity index is 1.71. The van der Waals surface area contributed by atoms with Gasteiger partial charge in [-0.25, -0.2) is 0 Å². The van der Waals surface area contributed by atoms with Crippen molar-refractivity contribution in [1.29, 1.82) is 0 Å². The van der Waals surface area contributed by atoms with E-state index < -0.39 is 0 Å². The fourth-order valence-corrected chi connectivity index (χ4v) is 1.60. The Hall–Kier alpha value is -1.09. The van der Waals surface area contributed by atoms with E-state index in [0.717, 1.165) is 24.8 Å². The molecule has 1 aromatic heterocycles. The summed E-state index contributed by atoms with van der Waals surface area (Å²) in [4.78, 5) is 4.14. The lowest BCUT2D eigenvalue weighted by Crippen LogP contribution is -2.17. The van der Waals surface area contributed by atoms with Gasteiger partial charge in [-0.1, -0.05) is 0 Å². The van der Waals surface area contributed by atoms with Crippen LogP contribution in [0.4, 0.5) is 0 Å². The summed E-state index contributed by atoms with van der Waals surface area (Å²) >= 11 is 0. The molecule has 1 heterocycles. The summed E-state index contributed by atoms with van der Waals surface area (Å²) in [5.74, 6) is 0.850. The van der Waals surface area contributed by atoms with Crippen LogP contribution in [-0.4, -0.2) is 24.7 Å². The van der Waals surface area contributed by atoms with Gasteiger partial charge in [-0.15, -0.1) is 0 Å². The Morgan fingerprint density at radius 3 is 3.07 bits per heavy atom. The van der Waals surface area contributed by atoms with Gasteiger partial charge in [0.25, 0.3) is 0 Å². The van der Waals surface area contributed by atoms with Crippen molar-refractivity contribution in [2.45, 2.75) is 31.7 Å². The summed E-state index contributed by atoms with van der Waals surface area (Å²) in [6.07, 6.45) is 8.63. The fourth-order valence-electron chi connectivity index (χ4n) is 1.60. The molecule has 15 heavy (non-hydrogen) atoms. The second-order valence-corrected chi connectivity index (χ2v) is 4.06. The topological polar surface area (TPSA) is 34.1 Å². The van der Waals surface area contributed by atoms with Gasteiger partial charge >= 0.3 is 0 Å². The molecule has 1 fully saturated rings. The van der Waals surface area contributed by atoms with E-state index in [2.05, 4.69) is 16.4 Å². The van der Waals surface area contributed by atoms with Crippen LogP contribution in [0.3, 0.4) is 0 Å². The van der Waals surface area contributed by atoms with Crippen LogP contribution in [0.1, 0.15) is 24.8 Å². The van der Waals surface area contributed by atoms with Gasteiger partial charge in [0.1, 0.15) is 5.75 Å². The van der Waals surface area contributed by atoms with Crippen LogP contribution < -0.4 is 10.1 Å². The van der Waals surface area contributed by atoms with Crippen LogP contribution in [0, 0.1) is 0 Å². The maximum atomic E-state index is 5.13. The van der Waals surface area contributed by atoms with E-state index in [0.29, 0.717) is 0 Å². The highest BCUT2D eigenvalue weighted by atomic mass is 16.5. The zero-order valence-electron chi connectivity index (χ0n) is 9.20. The standard InChI is InChI=1S/C12H18N2O/c1-15-12-7-10(8-13-9-12)3-2-6-14-11-4-5-11/h7-9,11,14H,2-6H2,1H3. The molecule has 0 atom stereocenters. The van der Waals surface area contributed by atoms with Crippen molar-refractivity contribution < 1.29 is 4.74 Å². The quantitative estimate of drug-likeness (QED) is 0.720. The minimum Gasteiger partial charge on any atom is -0.495 e. The molecule has 82 valence electrons. The van der Waals surface area contributed by atoms with E-state index in [9.17, 15) is 0 Å². The van der Waals surface area contributed by atoms with Crippen LogP contribution in [0.5, 0.6) is 5.75 Å². The van der Waals surface area contributed by atoms with Gasteiger partial charge in [0.2, 0.25) is 0 Å². The summed E-state index contributed by atoms with van der Waals surface area (Å²) in [6, 6.07) is 2.87. The number of ether oxygens (including phenoxy) is 1. The van der Waals surface area contributed by atoms with E-state index in [1.54, 1.807) is 13.3 Å². The first kappa shape index (κ1) is 10.4. The van der Waals surface area contributed by atoms with E-state index in [1.165, 1.54) is 24.8 Å². The highest BCUT2D eigenvalue weighted by Crippen LogP contribution is 2.18. The summed E-state index contributed by atoms with van der Waals surface area (Å²) in [5.41, 5.74) is 1.26. The molecule has 1 aliphatic rings. The SMILES string of the molecule is COc1cncc(CCCNC2CC2)c1. The van der Waals surface area contributed by atoms with Crippen molar-refractivity contribution in [2.24, 2.45) is 0 Å². The highest BCUT2D eigenvalue weighted by Gasteiger charge is 2.19. The molecule has 0 amide bonds. The third-order valence-corrected chi connectivity index (χ3v) is 2.66. The molecule has 1 N–H and O–H groups in total. The minimum atomic E-state index is 0.813. The van der Waals surface area contributed by atoms with E-state index >= 15 is 0 Å². The van der Waals surface area contributed by atoms with Crippen molar-refractivity contribution in [3.05, 3.63) is 24.0 Å². The van der Waals surface area contributed by atoms with Crippen molar-refractivity contribution in [3.63, 3.8) is 0 Å². The van der Waals surface area contributed by atoms with Crippen molar-refractivity contribution in [3.8, 4) is 5.75 Å². The van der Waals surface area contributed by atoms with Gasteiger partial charge < -0.3 is 10.1 Å². The molecule has 0 saturated heterocycles. The second kappa shape index (κ2) is 5.12. The van der Waals surface area contributed by atoms with Gasteiger partial charge in [-0.2, -0.15) is 0 Å². The number of nitrogens with one attached hydrogen (secondary N) is 1. The van der Waals surface area contributed by atoms with Crippen LogP contribution in [-0.2, 0) is 6.42 Å². The molecule has 0 unspecified atom stereocenters. The number of methoxy groups -OCH3 is 1. The van der Waals surface area contributed by atoms with Crippen LogP contribution in [0.25, 0.3) is 0 Å². The Labute approximate surface area is 90.9 Å². The molecule has 3 nitrogen and oxygen atoms in total. The van der Waals surface area contributed by atoms with Gasteiger partial charge in [-0.05, 0) is 43.9 Å². The van der Waals surface area contributed by atoms with E-state index in [4.69, 9.17) is 4.74 Å². The molecule has 1 aromatic rings. The number of nitrogens with zero attached hydrogens (tertiary/aromatic N) is 1. The maximum Gasteiger partial charge on any atom is 0.137 e. The Kier molecular flexibility index (Phi) is 3.56. The first-order valence-electron chi connectivity index (χ1n) is 5.60. The molecule has 2 rings (SSSR count). The van der Waals surface area contributed by atoms with Crippen LogP contribution in [0.15, 0.2) is 18.5 Å². The van der Waals surface area contributed by atoms with Crippen molar-refractivity contribution in [2.75, 3.05) is 13.7 Å². The van der Waals surface area contributed by atoms with E-state index in [-0.39, 0.29) is 0 Å². The lowest BCUT2D eigenvalue weighted by Gasteiger charge is -2.04. The van der Waals surface area contributed by atoms with Gasteiger partial charge in [-0.3, -0.25) is 4.98 Å². The van der Waals surface area contributed by atoms with Crippen molar-refractivity contribution in [1.82, 2.24) is 10.3 Å². The molecule has 0 bridgehead atoms. The first-order chi connectivity index (χ1) is 7.38. The molecule has 0 radical (unpaired) electrons. The average Bonchev–Trinajstić information content (AvgIpc) is 3.09. The monoisotopic (exact) mass is 206 g/mol. The zero-order valence-corrected chi connectivity index (χ0v) is 9.20. The molecule has 3 heteroatoms. The number of rotatable bonds is 6. The largest absolute Gasteiger partial charge is 0.495 e. The normalized spacial score (nSPS) is 15.3. The molecular weight excluding hydrogens is 188 g/mol. The van der Waals surface area contributed by atoms with Crippen LogP contribution in [0.2, 0.25) is 0 Å². The maximum absolute atomic E-state index is 5.13. The summed E-state index contributed by atoms with van der Waals surface area (Å²) in [6.45, 7) is 1.11. The molecule has 1 aliphatic carbocycles. The summed E-state index contributed by atoms with van der Waals surface area (Å²) < 4.78 is 5.13. The predicted octanol–water partition coefficient (Wildman–Crippen LogP) is 1.77. The molecular formula is C12H18N2O. The molecule has 1 saturated carbocycles. The lowest BCUT2D eigenvalue weighted by molar-refractivity contribution is 0.412. The predicted molar refractivity (Wildman–Crippen MR) is 60.1 cm³/mol. The third-order valence-electron chi connectivity index (χ3n) is 2.66. The average molecular weight is 206 g/mol. The Morgan fingerprint density at radius 2 is 2.33 bits per heavy atom. The number of aryl methyl sites for hydroxylation is 1. The Morgan fingerprint density at radius 1 is 1.47 bits per heavy atom. The highest BCUT2D eigenvalue weighted by molar-refractivity contribution is 5.23. The lowest BCUT2D eigenvalue weighted by atomic mass is 10.1. The number of pyridine rings is 1. The first-order valence-corrected chi connectivity index (χ1v) is 5.60. The fraction of sp³-hybridized carbons (Fsp3) is 0.583. The third kappa shape index (κ3) is 3.51. The van der Waals surface area contributed by atoms with Gasteiger partial charge in [0.15, 0.2) is 0 Å². The van der Waals surface area contributed by atoms with Gasteiger partial charge in [0.05, 0.1) is 13.3 Å². The smallest absolute Gasteiger partial charge is 0.137 e. The minimum absolute atomic E-state index is 0.813. The van der Waals surface area contributed by atoms with Crippen molar-refractivity contribution >= 4 is 0 Å². The number of aromatic nitrogens is 1. The molecule has 0 aromatic carbocycles. The van der Waals surface area contributed by atoms with Crippen LogP contribution >= 0.6 is 0 Å². The zero-order chi connectivity index (χ0) is 10.5. The number of hydrogen-bond donors (Lipinski definition) is 1. The Bertz CT molecular complexity index is 310. The second-order valence-electron chi connectivity index (χ2n) is 4.06. The summed E-state index contributed by atoms with van der Waals surface area (Å²) in [5, 5.41) is 3.50. The number of hydrogen-bond acceptors (Lipinski definition) is 3. The van der Waals surface area contributed by atoms with E-state index in [1.807, 2.05) is 6.20 Å². The molecule has 0 spiro atoms. The summed E-state index contributed by atoms with van der Waals surface area (Å²) in [7, 11) is 1.68. The van der Waals surface area contributed by atoms with Gasteiger partial charge in [0, 0.05) is 12.2 Å².